The number of carbonyl (C=O) groups excluding carboxylic acids is 1. The standard InChI is InChI=1S/C15H19N3O/c1-3-18-10-13(9-17-18)15(19)11(2)14(16)12-7-5-4-6-8-12/h4-11,14H,3,16H2,1-2H3. The zero-order valence-electron chi connectivity index (χ0n) is 11.3. The fourth-order valence-electron chi connectivity index (χ4n) is 2.05. The molecule has 4 nitrogen and oxygen atoms in total. The van der Waals surface area contributed by atoms with Crippen LogP contribution in [0.4, 0.5) is 0 Å². The molecule has 0 aliphatic carbocycles. The first-order valence-electron chi connectivity index (χ1n) is 6.50. The van der Waals surface area contributed by atoms with E-state index in [1.54, 1.807) is 17.1 Å². The Morgan fingerprint density at radius 2 is 2.05 bits per heavy atom. The number of carbonyl (C=O) groups is 1. The topological polar surface area (TPSA) is 60.9 Å². The monoisotopic (exact) mass is 257 g/mol. The normalized spacial score (nSPS) is 14.1. The molecule has 19 heavy (non-hydrogen) atoms. The Morgan fingerprint density at radius 3 is 2.63 bits per heavy atom. The van der Waals surface area contributed by atoms with E-state index in [9.17, 15) is 4.79 Å². The van der Waals surface area contributed by atoms with Gasteiger partial charge in [0.2, 0.25) is 0 Å². The van der Waals surface area contributed by atoms with Crippen molar-refractivity contribution in [1.29, 1.82) is 0 Å². The van der Waals surface area contributed by atoms with Gasteiger partial charge in [-0.25, -0.2) is 0 Å². The Bertz CT molecular complexity index is 548. The number of aromatic nitrogens is 2. The summed E-state index contributed by atoms with van der Waals surface area (Å²) in [5.41, 5.74) is 7.77. The molecule has 0 saturated carbocycles. The Hall–Kier alpha value is -1.94. The number of hydrogen-bond acceptors (Lipinski definition) is 3. The molecule has 2 unspecified atom stereocenters. The molecule has 1 heterocycles. The largest absolute Gasteiger partial charge is 0.323 e. The molecule has 0 saturated heterocycles. The molecule has 0 fully saturated rings. The number of benzene rings is 1. The number of Topliss-reactive ketones (excluding diaryl/α,β-unsaturated/α-hetero) is 1. The summed E-state index contributed by atoms with van der Waals surface area (Å²) in [4.78, 5) is 12.4. The third kappa shape index (κ3) is 2.90. The van der Waals surface area contributed by atoms with E-state index < -0.39 is 0 Å². The van der Waals surface area contributed by atoms with E-state index in [1.807, 2.05) is 44.2 Å². The van der Waals surface area contributed by atoms with Crippen molar-refractivity contribution in [3.05, 3.63) is 53.9 Å². The zero-order valence-corrected chi connectivity index (χ0v) is 11.3. The van der Waals surface area contributed by atoms with Crippen molar-refractivity contribution in [2.45, 2.75) is 26.4 Å². The maximum absolute atomic E-state index is 12.4. The minimum Gasteiger partial charge on any atom is -0.323 e. The lowest BCUT2D eigenvalue weighted by Gasteiger charge is -2.18. The van der Waals surface area contributed by atoms with Crippen LogP contribution in [0.3, 0.4) is 0 Å². The Morgan fingerprint density at radius 1 is 1.37 bits per heavy atom. The molecule has 0 radical (unpaired) electrons. The Kier molecular flexibility index (Phi) is 4.12. The lowest BCUT2D eigenvalue weighted by molar-refractivity contribution is 0.0912. The summed E-state index contributed by atoms with van der Waals surface area (Å²) in [6, 6.07) is 9.41. The number of nitrogens with zero attached hydrogens (tertiary/aromatic N) is 2. The highest BCUT2D eigenvalue weighted by Gasteiger charge is 2.24. The zero-order chi connectivity index (χ0) is 13.8. The first-order chi connectivity index (χ1) is 9.13. The molecule has 0 bridgehead atoms. The van der Waals surface area contributed by atoms with Crippen LogP contribution in [0.15, 0.2) is 42.7 Å². The number of rotatable bonds is 5. The average Bonchev–Trinajstić information content (AvgIpc) is 2.94. The predicted molar refractivity (Wildman–Crippen MR) is 74.8 cm³/mol. The van der Waals surface area contributed by atoms with Crippen LogP contribution in [-0.2, 0) is 6.54 Å². The summed E-state index contributed by atoms with van der Waals surface area (Å²) in [6.45, 7) is 4.61. The van der Waals surface area contributed by atoms with Gasteiger partial charge < -0.3 is 5.73 Å². The van der Waals surface area contributed by atoms with Crippen molar-refractivity contribution in [1.82, 2.24) is 9.78 Å². The molecule has 4 heteroatoms. The molecule has 0 spiro atoms. The fourth-order valence-corrected chi connectivity index (χ4v) is 2.05. The van der Waals surface area contributed by atoms with Gasteiger partial charge in [-0.3, -0.25) is 9.48 Å². The molecular formula is C15H19N3O. The van der Waals surface area contributed by atoms with Gasteiger partial charge in [-0.2, -0.15) is 5.10 Å². The highest BCUT2D eigenvalue weighted by Crippen LogP contribution is 2.22. The van der Waals surface area contributed by atoms with Crippen LogP contribution in [0.2, 0.25) is 0 Å². The van der Waals surface area contributed by atoms with E-state index in [-0.39, 0.29) is 17.7 Å². The SMILES string of the molecule is CCn1cc(C(=O)C(C)C(N)c2ccccc2)cn1. The van der Waals surface area contributed by atoms with Crippen LogP contribution in [0, 0.1) is 5.92 Å². The van der Waals surface area contributed by atoms with Gasteiger partial charge in [0.25, 0.3) is 0 Å². The predicted octanol–water partition coefficient (Wildman–Crippen LogP) is 2.42. The number of aryl methyl sites for hydroxylation is 1. The molecular weight excluding hydrogens is 238 g/mol. The van der Waals surface area contributed by atoms with Crippen LogP contribution in [0.5, 0.6) is 0 Å². The second-order valence-electron chi connectivity index (χ2n) is 4.67. The van der Waals surface area contributed by atoms with Crippen LogP contribution < -0.4 is 5.73 Å². The van der Waals surface area contributed by atoms with Gasteiger partial charge in [-0.15, -0.1) is 0 Å². The summed E-state index contributed by atoms with van der Waals surface area (Å²) in [6.07, 6.45) is 3.39. The van der Waals surface area contributed by atoms with E-state index in [2.05, 4.69) is 5.10 Å². The minimum absolute atomic E-state index is 0.0380. The number of nitrogens with two attached hydrogens (primary N) is 1. The van der Waals surface area contributed by atoms with Crippen molar-refractivity contribution >= 4 is 5.78 Å². The van der Waals surface area contributed by atoms with Gasteiger partial charge in [-0.1, -0.05) is 37.3 Å². The molecule has 0 amide bonds. The quantitative estimate of drug-likeness (QED) is 0.837. The molecule has 2 atom stereocenters. The highest BCUT2D eigenvalue weighted by molar-refractivity contribution is 5.97. The Labute approximate surface area is 113 Å². The minimum atomic E-state index is -0.293. The van der Waals surface area contributed by atoms with E-state index in [0.29, 0.717) is 5.56 Å². The van der Waals surface area contributed by atoms with Crippen molar-refractivity contribution in [3.8, 4) is 0 Å². The van der Waals surface area contributed by atoms with Crippen molar-refractivity contribution in [2.24, 2.45) is 11.7 Å². The maximum Gasteiger partial charge on any atom is 0.170 e. The molecule has 2 aromatic rings. The first-order valence-corrected chi connectivity index (χ1v) is 6.50. The van der Waals surface area contributed by atoms with Crippen LogP contribution >= 0.6 is 0 Å². The fraction of sp³-hybridized carbons (Fsp3) is 0.333. The van der Waals surface area contributed by atoms with E-state index in [0.717, 1.165) is 12.1 Å². The summed E-state index contributed by atoms with van der Waals surface area (Å²) in [7, 11) is 0. The number of ketones is 1. The van der Waals surface area contributed by atoms with Gasteiger partial charge in [-0.05, 0) is 12.5 Å². The van der Waals surface area contributed by atoms with Crippen molar-refractivity contribution in [3.63, 3.8) is 0 Å². The van der Waals surface area contributed by atoms with E-state index in [1.165, 1.54) is 0 Å². The van der Waals surface area contributed by atoms with Gasteiger partial charge in [0.1, 0.15) is 0 Å². The van der Waals surface area contributed by atoms with Crippen LogP contribution in [0.1, 0.15) is 35.8 Å². The van der Waals surface area contributed by atoms with Crippen LogP contribution in [0.25, 0.3) is 0 Å². The molecule has 1 aromatic carbocycles. The molecule has 0 aliphatic heterocycles. The van der Waals surface area contributed by atoms with Gasteiger partial charge in [0, 0.05) is 24.7 Å². The Balaban J connectivity index is 2.15. The lowest BCUT2D eigenvalue weighted by Crippen LogP contribution is -2.25. The summed E-state index contributed by atoms with van der Waals surface area (Å²) in [5.74, 6) is -0.229. The summed E-state index contributed by atoms with van der Waals surface area (Å²) < 4.78 is 1.74. The van der Waals surface area contributed by atoms with Crippen molar-refractivity contribution < 1.29 is 4.79 Å². The van der Waals surface area contributed by atoms with Gasteiger partial charge >= 0.3 is 0 Å². The first kappa shape index (κ1) is 13.5. The maximum atomic E-state index is 12.4. The number of hydrogen-bond donors (Lipinski definition) is 1. The van der Waals surface area contributed by atoms with E-state index >= 15 is 0 Å². The molecule has 1 aromatic heterocycles. The second kappa shape index (κ2) is 5.80. The summed E-state index contributed by atoms with van der Waals surface area (Å²) >= 11 is 0. The van der Waals surface area contributed by atoms with E-state index in [4.69, 9.17) is 5.73 Å². The van der Waals surface area contributed by atoms with Crippen molar-refractivity contribution in [2.75, 3.05) is 0 Å². The van der Waals surface area contributed by atoms with Crippen LogP contribution in [-0.4, -0.2) is 15.6 Å². The molecule has 2 N–H and O–H groups in total. The smallest absolute Gasteiger partial charge is 0.170 e. The molecule has 100 valence electrons. The van der Waals surface area contributed by atoms with Gasteiger partial charge in [0.15, 0.2) is 5.78 Å². The average molecular weight is 257 g/mol. The third-order valence-corrected chi connectivity index (χ3v) is 3.38. The highest BCUT2D eigenvalue weighted by atomic mass is 16.1. The second-order valence-corrected chi connectivity index (χ2v) is 4.67. The van der Waals surface area contributed by atoms with Gasteiger partial charge in [0.05, 0.1) is 11.8 Å². The molecule has 0 aliphatic rings. The third-order valence-electron chi connectivity index (χ3n) is 3.38. The lowest BCUT2D eigenvalue weighted by atomic mass is 9.90. The summed E-state index contributed by atoms with van der Waals surface area (Å²) in [5, 5.41) is 4.13. The molecule has 2 rings (SSSR count).